The van der Waals surface area contributed by atoms with E-state index in [0.717, 1.165) is 12.0 Å². The summed E-state index contributed by atoms with van der Waals surface area (Å²) in [5, 5.41) is 3.91. The van der Waals surface area contributed by atoms with Gasteiger partial charge < -0.3 is 5.32 Å². The zero-order valence-electron chi connectivity index (χ0n) is 12.2. The van der Waals surface area contributed by atoms with Crippen molar-refractivity contribution in [1.82, 2.24) is 9.62 Å². The number of nitrogens with one attached hydrogen (secondary N) is 1. The summed E-state index contributed by atoms with van der Waals surface area (Å²) in [6, 6.07) is 5.69. The molecule has 0 aromatic heterocycles. The number of hydrogen-bond donors (Lipinski definition) is 1. The van der Waals surface area contributed by atoms with Gasteiger partial charge in [0.2, 0.25) is 10.0 Å². The van der Waals surface area contributed by atoms with Gasteiger partial charge in [0.15, 0.2) is 0 Å². The summed E-state index contributed by atoms with van der Waals surface area (Å²) in [5.41, 5.74) is 0.956. The predicted molar refractivity (Wildman–Crippen MR) is 83.9 cm³/mol. The molecule has 4 nitrogen and oxygen atoms in total. The van der Waals surface area contributed by atoms with Crippen LogP contribution in [0.25, 0.3) is 0 Å². The van der Waals surface area contributed by atoms with Crippen LogP contribution >= 0.6 is 11.6 Å². The second kappa shape index (κ2) is 5.88. The van der Waals surface area contributed by atoms with Crippen LogP contribution in [0.15, 0.2) is 23.1 Å². The molecule has 1 unspecified atom stereocenters. The van der Waals surface area contributed by atoms with Crippen LogP contribution < -0.4 is 5.32 Å². The van der Waals surface area contributed by atoms with Crippen LogP contribution in [0.1, 0.15) is 31.7 Å². The molecule has 6 heteroatoms. The van der Waals surface area contributed by atoms with Gasteiger partial charge in [0.25, 0.3) is 0 Å². The number of rotatable bonds is 5. The van der Waals surface area contributed by atoms with Crippen LogP contribution in [-0.2, 0) is 16.6 Å². The van der Waals surface area contributed by atoms with Crippen LogP contribution in [-0.4, -0.2) is 31.9 Å². The third kappa shape index (κ3) is 3.42. The molecule has 2 aliphatic rings. The molecule has 0 radical (unpaired) electrons. The van der Waals surface area contributed by atoms with Gasteiger partial charge in [0.05, 0.1) is 4.90 Å². The molecule has 1 N–H and O–H groups in total. The lowest BCUT2D eigenvalue weighted by molar-refractivity contribution is 0.464. The lowest BCUT2D eigenvalue weighted by atomic mass is 10.2. The van der Waals surface area contributed by atoms with Crippen molar-refractivity contribution in [2.45, 2.75) is 43.7 Å². The van der Waals surface area contributed by atoms with Gasteiger partial charge in [-0.2, -0.15) is 4.31 Å². The Morgan fingerprint density at radius 1 is 1.33 bits per heavy atom. The van der Waals surface area contributed by atoms with Crippen molar-refractivity contribution in [2.75, 3.05) is 13.1 Å². The van der Waals surface area contributed by atoms with E-state index in [-0.39, 0.29) is 0 Å². The molecule has 1 aromatic carbocycles. The van der Waals surface area contributed by atoms with E-state index >= 15 is 0 Å². The number of benzene rings is 1. The normalized spacial score (nSPS) is 23.6. The van der Waals surface area contributed by atoms with Crippen molar-refractivity contribution in [3.8, 4) is 0 Å². The van der Waals surface area contributed by atoms with E-state index in [1.54, 1.807) is 16.4 Å². The third-order valence-electron chi connectivity index (χ3n) is 4.21. The zero-order chi connectivity index (χ0) is 15.0. The summed E-state index contributed by atoms with van der Waals surface area (Å²) in [4.78, 5) is 0.303. The van der Waals surface area contributed by atoms with Crippen molar-refractivity contribution in [3.63, 3.8) is 0 Å². The lowest BCUT2D eigenvalue weighted by Gasteiger charge is -2.17. The van der Waals surface area contributed by atoms with Crippen LogP contribution in [0, 0.1) is 5.92 Å². The average Bonchev–Trinajstić information content (AvgIpc) is 3.17. The van der Waals surface area contributed by atoms with Gasteiger partial charge >= 0.3 is 0 Å². The lowest BCUT2D eigenvalue weighted by Crippen LogP contribution is -2.28. The van der Waals surface area contributed by atoms with Gasteiger partial charge in [-0.15, -0.1) is 0 Å². The molecule has 0 amide bonds. The van der Waals surface area contributed by atoms with E-state index in [2.05, 4.69) is 12.2 Å². The number of nitrogens with zero attached hydrogens (tertiary/aromatic N) is 1. The first-order valence-electron chi connectivity index (χ1n) is 7.49. The Morgan fingerprint density at radius 3 is 2.67 bits per heavy atom. The second-order valence-electron chi connectivity index (χ2n) is 6.17. The van der Waals surface area contributed by atoms with E-state index in [0.29, 0.717) is 41.5 Å². The van der Waals surface area contributed by atoms with E-state index in [1.165, 1.54) is 12.8 Å². The molecule has 0 spiro atoms. The Kier molecular flexibility index (Phi) is 4.28. The van der Waals surface area contributed by atoms with Gasteiger partial charge in [-0.1, -0.05) is 24.6 Å². The first-order valence-corrected chi connectivity index (χ1v) is 9.30. The van der Waals surface area contributed by atoms with E-state index in [1.807, 2.05) is 6.07 Å². The van der Waals surface area contributed by atoms with Crippen molar-refractivity contribution >= 4 is 21.6 Å². The van der Waals surface area contributed by atoms with Crippen LogP contribution in [0.4, 0.5) is 0 Å². The molecule has 1 saturated heterocycles. The topological polar surface area (TPSA) is 49.4 Å². The Balaban J connectivity index is 1.76. The van der Waals surface area contributed by atoms with Gasteiger partial charge in [-0.25, -0.2) is 8.42 Å². The molecule has 1 atom stereocenters. The van der Waals surface area contributed by atoms with E-state index in [9.17, 15) is 8.42 Å². The standard InChI is InChI=1S/C15H21ClN2O2S/c1-11-6-7-18(10-11)21(19,20)14-5-2-12(15(16)8-14)9-17-13-3-4-13/h2,5,8,11,13,17H,3-4,6-7,9-10H2,1H3. The molecule has 1 aliphatic heterocycles. The fourth-order valence-electron chi connectivity index (χ4n) is 2.64. The second-order valence-corrected chi connectivity index (χ2v) is 8.51. The van der Waals surface area contributed by atoms with Crippen molar-refractivity contribution in [3.05, 3.63) is 28.8 Å². The maximum Gasteiger partial charge on any atom is 0.243 e. The average molecular weight is 329 g/mol. The summed E-state index contributed by atoms with van der Waals surface area (Å²) in [5.74, 6) is 0.428. The highest BCUT2D eigenvalue weighted by atomic mass is 35.5. The van der Waals surface area contributed by atoms with Crippen LogP contribution in [0.2, 0.25) is 5.02 Å². The molecule has 2 fully saturated rings. The fourth-order valence-corrected chi connectivity index (χ4v) is 4.55. The van der Waals surface area contributed by atoms with Crippen LogP contribution in [0.5, 0.6) is 0 Å². The Bertz CT molecular complexity index is 629. The summed E-state index contributed by atoms with van der Waals surface area (Å²) < 4.78 is 26.7. The monoisotopic (exact) mass is 328 g/mol. The maximum absolute atomic E-state index is 12.6. The Labute approximate surface area is 131 Å². The highest BCUT2D eigenvalue weighted by Gasteiger charge is 2.31. The smallest absolute Gasteiger partial charge is 0.243 e. The molecule has 0 bridgehead atoms. The molecule has 1 saturated carbocycles. The minimum atomic E-state index is -3.40. The maximum atomic E-state index is 12.6. The molecule has 116 valence electrons. The summed E-state index contributed by atoms with van der Waals surface area (Å²) >= 11 is 6.25. The first kappa shape index (κ1) is 15.3. The van der Waals surface area contributed by atoms with Crippen LogP contribution in [0.3, 0.4) is 0 Å². The molecule has 3 rings (SSSR count). The molecular formula is C15H21ClN2O2S. The van der Waals surface area contributed by atoms with Crippen molar-refractivity contribution in [2.24, 2.45) is 5.92 Å². The van der Waals surface area contributed by atoms with Gasteiger partial charge in [-0.3, -0.25) is 0 Å². The molecular weight excluding hydrogens is 308 g/mol. The number of halogens is 1. The molecule has 21 heavy (non-hydrogen) atoms. The summed E-state index contributed by atoms with van der Waals surface area (Å²) in [6.45, 7) is 3.98. The Hall–Kier alpha value is -0.620. The zero-order valence-corrected chi connectivity index (χ0v) is 13.8. The number of hydrogen-bond acceptors (Lipinski definition) is 3. The third-order valence-corrected chi connectivity index (χ3v) is 6.42. The van der Waals surface area contributed by atoms with Crippen molar-refractivity contribution < 1.29 is 8.42 Å². The fraction of sp³-hybridized carbons (Fsp3) is 0.600. The molecule has 1 heterocycles. The van der Waals surface area contributed by atoms with Gasteiger partial charge in [-0.05, 0) is 42.9 Å². The van der Waals surface area contributed by atoms with E-state index < -0.39 is 10.0 Å². The minimum absolute atomic E-state index is 0.303. The van der Waals surface area contributed by atoms with Gasteiger partial charge in [0, 0.05) is 30.7 Å². The summed E-state index contributed by atoms with van der Waals surface area (Å²) in [7, 11) is -3.40. The highest BCUT2D eigenvalue weighted by Crippen LogP contribution is 2.28. The first-order chi connectivity index (χ1) is 9.96. The minimum Gasteiger partial charge on any atom is -0.310 e. The number of sulfonamides is 1. The molecule has 1 aromatic rings. The summed E-state index contributed by atoms with van der Waals surface area (Å²) in [6.07, 6.45) is 3.37. The van der Waals surface area contributed by atoms with Gasteiger partial charge in [0.1, 0.15) is 0 Å². The quantitative estimate of drug-likeness (QED) is 0.904. The van der Waals surface area contributed by atoms with Crippen molar-refractivity contribution in [1.29, 1.82) is 0 Å². The molecule has 1 aliphatic carbocycles. The van der Waals surface area contributed by atoms with E-state index in [4.69, 9.17) is 11.6 Å². The highest BCUT2D eigenvalue weighted by molar-refractivity contribution is 7.89. The largest absolute Gasteiger partial charge is 0.310 e. The Morgan fingerprint density at radius 2 is 2.10 bits per heavy atom. The SMILES string of the molecule is CC1CCN(S(=O)(=O)c2ccc(CNC3CC3)c(Cl)c2)C1. The predicted octanol–water partition coefficient (Wildman–Crippen LogP) is 2.62.